The van der Waals surface area contributed by atoms with Gasteiger partial charge in [0.1, 0.15) is 23.9 Å². The maximum Gasteiger partial charge on any atom is 0.275 e. The lowest BCUT2D eigenvalue weighted by molar-refractivity contribution is 0.0659. The molecule has 10 heteroatoms. The Morgan fingerprint density at radius 3 is 2.93 bits per heavy atom. The van der Waals surface area contributed by atoms with Crippen LogP contribution in [0.3, 0.4) is 0 Å². The molecule has 4 heterocycles. The molecule has 1 aliphatic rings. The third-order valence-corrected chi connectivity index (χ3v) is 5.18. The van der Waals surface area contributed by atoms with Crippen molar-refractivity contribution in [3.05, 3.63) is 71.5 Å². The summed E-state index contributed by atoms with van der Waals surface area (Å²) in [5, 5.41) is 4.26. The van der Waals surface area contributed by atoms with Crippen LogP contribution in [0.25, 0.3) is 11.0 Å². The van der Waals surface area contributed by atoms with Crippen molar-refractivity contribution in [2.24, 2.45) is 0 Å². The summed E-state index contributed by atoms with van der Waals surface area (Å²) in [6, 6.07) is 7.15. The smallest absolute Gasteiger partial charge is 0.275 e. The number of imidazole rings is 1. The van der Waals surface area contributed by atoms with E-state index < -0.39 is 30.7 Å². The molecule has 0 saturated heterocycles. The van der Waals surface area contributed by atoms with E-state index >= 15 is 4.39 Å². The second-order valence-corrected chi connectivity index (χ2v) is 7.01. The average Bonchev–Trinajstić information content (AvgIpc) is 3.46. The number of hydrogen-bond acceptors (Lipinski definition) is 4. The number of benzene rings is 1. The first kappa shape index (κ1) is 18.5. The predicted octanol–water partition coefficient (Wildman–Crippen LogP) is 3.54. The van der Waals surface area contributed by atoms with Crippen LogP contribution in [0.15, 0.2) is 47.3 Å². The first-order valence-electron chi connectivity index (χ1n) is 9.34. The van der Waals surface area contributed by atoms with E-state index in [0.717, 1.165) is 10.4 Å². The van der Waals surface area contributed by atoms with E-state index in [-0.39, 0.29) is 18.0 Å². The van der Waals surface area contributed by atoms with Crippen LogP contribution < -0.4 is 0 Å². The summed E-state index contributed by atoms with van der Waals surface area (Å²) in [5.41, 5.74) is 1.63. The van der Waals surface area contributed by atoms with Gasteiger partial charge in [-0.3, -0.25) is 9.48 Å². The first-order chi connectivity index (χ1) is 14.5. The molecule has 3 aromatic heterocycles. The lowest BCUT2D eigenvalue weighted by Gasteiger charge is -2.33. The van der Waals surface area contributed by atoms with E-state index in [1.165, 1.54) is 23.5 Å². The number of furan rings is 1. The average molecular weight is 415 g/mol. The molecule has 0 fully saturated rings. The van der Waals surface area contributed by atoms with Gasteiger partial charge < -0.3 is 14.3 Å². The van der Waals surface area contributed by atoms with Gasteiger partial charge in [-0.25, -0.2) is 18.2 Å². The van der Waals surface area contributed by atoms with Crippen molar-refractivity contribution in [3.8, 4) is 0 Å². The van der Waals surface area contributed by atoms with Crippen molar-refractivity contribution in [3.63, 3.8) is 0 Å². The Kier molecular flexibility index (Phi) is 4.34. The van der Waals surface area contributed by atoms with Gasteiger partial charge in [-0.2, -0.15) is 5.10 Å². The van der Waals surface area contributed by atoms with Crippen molar-refractivity contribution >= 4 is 16.9 Å². The number of aromatic amines is 1. The summed E-state index contributed by atoms with van der Waals surface area (Å²) in [5.74, 6) is -1.10. The van der Waals surface area contributed by atoms with Gasteiger partial charge in [0.15, 0.2) is 11.6 Å². The predicted molar refractivity (Wildman–Crippen MR) is 99.6 cm³/mol. The molecule has 0 unspecified atom stereocenters. The second kappa shape index (κ2) is 7.05. The van der Waals surface area contributed by atoms with Crippen LogP contribution in [0.2, 0.25) is 0 Å². The zero-order valence-electron chi connectivity index (χ0n) is 15.6. The number of H-pyrrole nitrogens is 1. The molecule has 0 saturated carbocycles. The topological polar surface area (TPSA) is 80.0 Å². The summed E-state index contributed by atoms with van der Waals surface area (Å²) in [6.45, 7) is -0.352. The number of carbonyl (C=O) groups excluding carboxylic acids is 1. The summed E-state index contributed by atoms with van der Waals surface area (Å²) in [7, 11) is 0. The van der Waals surface area contributed by atoms with Crippen LogP contribution in [-0.2, 0) is 13.0 Å². The van der Waals surface area contributed by atoms with Gasteiger partial charge in [0.25, 0.3) is 12.3 Å². The number of nitrogens with one attached hydrogen (secondary N) is 1. The molecule has 5 rings (SSSR count). The van der Waals surface area contributed by atoms with Gasteiger partial charge >= 0.3 is 0 Å². The number of fused-ring (bicyclic) bond motifs is 2. The minimum Gasteiger partial charge on any atom is -0.455 e. The van der Waals surface area contributed by atoms with E-state index in [9.17, 15) is 13.6 Å². The zero-order chi connectivity index (χ0) is 20.8. The van der Waals surface area contributed by atoms with Crippen molar-refractivity contribution in [1.82, 2.24) is 24.6 Å². The number of carbonyl (C=O) groups is 1. The van der Waals surface area contributed by atoms with Gasteiger partial charge in [0.2, 0.25) is 0 Å². The lowest BCUT2D eigenvalue weighted by Crippen LogP contribution is -2.41. The number of hydrogen-bond donors (Lipinski definition) is 1. The Labute approximate surface area is 168 Å². The van der Waals surface area contributed by atoms with E-state index in [1.807, 2.05) is 0 Å². The fraction of sp³-hybridized carbons (Fsp3) is 0.250. The minimum absolute atomic E-state index is 0.00356. The highest BCUT2D eigenvalue weighted by Crippen LogP contribution is 2.39. The maximum absolute atomic E-state index is 15.2. The number of nitrogens with zero attached hydrogens (tertiary/aromatic N) is 4. The molecule has 1 aliphatic heterocycles. The molecule has 30 heavy (non-hydrogen) atoms. The Morgan fingerprint density at radius 1 is 1.30 bits per heavy atom. The van der Waals surface area contributed by atoms with Crippen LogP contribution in [-0.4, -0.2) is 43.5 Å². The van der Waals surface area contributed by atoms with E-state index in [1.54, 1.807) is 24.3 Å². The monoisotopic (exact) mass is 415 g/mol. The Hall–Kier alpha value is -3.56. The molecular weight excluding hydrogens is 399 g/mol. The summed E-state index contributed by atoms with van der Waals surface area (Å²) < 4.78 is 47.3. The summed E-state index contributed by atoms with van der Waals surface area (Å²) in [4.78, 5) is 21.9. The lowest BCUT2D eigenvalue weighted by atomic mass is 9.99. The molecule has 7 nitrogen and oxygen atoms in total. The van der Waals surface area contributed by atoms with Gasteiger partial charge in [-0.05, 0) is 18.2 Å². The van der Waals surface area contributed by atoms with Gasteiger partial charge in [-0.1, -0.05) is 12.1 Å². The summed E-state index contributed by atoms with van der Waals surface area (Å²) >= 11 is 0. The van der Waals surface area contributed by atoms with Gasteiger partial charge in [-0.15, -0.1) is 0 Å². The van der Waals surface area contributed by atoms with Crippen molar-refractivity contribution in [2.75, 3.05) is 6.54 Å². The molecule has 0 radical (unpaired) electrons. The zero-order valence-corrected chi connectivity index (χ0v) is 15.6. The highest BCUT2D eigenvalue weighted by atomic mass is 19.3. The molecule has 0 aliphatic carbocycles. The largest absolute Gasteiger partial charge is 0.455 e. The van der Waals surface area contributed by atoms with E-state index in [4.69, 9.17) is 4.42 Å². The second-order valence-electron chi connectivity index (χ2n) is 7.01. The molecule has 0 spiro atoms. The first-order valence-corrected chi connectivity index (χ1v) is 9.34. The molecule has 154 valence electrons. The fourth-order valence-electron chi connectivity index (χ4n) is 3.84. The van der Waals surface area contributed by atoms with Crippen LogP contribution >= 0.6 is 0 Å². The van der Waals surface area contributed by atoms with Crippen LogP contribution in [0.5, 0.6) is 0 Å². The van der Waals surface area contributed by atoms with Crippen molar-refractivity contribution in [2.45, 2.75) is 25.4 Å². The van der Waals surface area contributed by atoms with Gasteiger partial charge in [0, 0.05) is 24.9 Å². The Bertz CT molecular complexity index is 1230. The third-order valence-electron chi connectivity index (χ3n) is 5.18. The number of para-hydroxylation sites is 1. The standard InChI is InChI=1S/C20H16F3N5O2/c21-15(22)9-27-7-5-13(26-27)20(29)28-8-6-12-17(25-10-24-12)18(28)19-16(23)11-3-1-2-4-14(11)30-19/h1-5,7,10,15,18H,6,8-9H2,(H,24,25)/t18-/m0/s1. The number of alkyl halides is 2. The molecule has 1 N–H and O–H groups in total. The number of aromatic nitrogens is 4. The fourth-order valence-corrected chi connectivity index (χ4v) is 3.84. The number of amides is 1. The van der Waals surface area contributed by atoms with Crippen molar-refractivity contribution < 1.29 is 22.4 Å². The molecule has 0 bridgehead atoms. The molecule has 1 aromatic carbocycles. The van der Waals surface area contributed by atoms with E-state index in [2.05, 4.69) is 15.1 Å². The van der Waals surface area contributed by atoms with Crippen LogP contribution in [0.4, 0.5) is 13.2 Å². The highest BCUT2D eigenvalue weighted by Gasteiger charge is 2.39. The minimum atomic E-state index is -2.59. The number of halogens is 3. The molecular formula is C20H16F3N5O2. The van der Waals surface area contributed by atoms with Crippen molar-refractivity contribution in [1.29, 1.82) is 0 Å². The third kappa shape index (κ3) is 2.95. The number of rotatable bonds is 4. The Balaban J connectivity index is 1.58. The quantitative estimate of drug-likeness (QED) is 0.553. The Morgan fingerprint density at radius 2 is 2.13 bits per heavy atom. The SMILES string of the molecule is O=C(c1ccn(CC(F)F)n1)N1CCc2[nH]cnc2[C@H]1c1oc2ccccc2c1F. The molecule has 1 amide bonds. The molecule has 1 atom stereocenters. The van der Waals surface area contributed by atoms with Gasteiger partial charge in [0.05, 0.1) is 17.4 Å². The maximum atomic E-state index is 15.2. The van der Waals surface area contributed by atoms with Crippen LogP contribution in [0, 0.1) is 5.82 Å². The van der Waals surface area contributed by atoms with E-state index in [0.29, 0.717) is 23.1 Å². The molecule has 4 aromatic rings. The summed E-state index contributed by atoms with van der Waals surface area (Å²) in [6.07, 6.45) is 0.702. The normalized spacial score (nSPS) is 16.4. The highest BCUT2D eigenvalue weighted by molar-refractivity contribution is 5.93. The van der Waals surface area contributed by atoms with Crippen LogP contribution in [0.1, 0.15) is 33.7 Å².